The SMILES string of the molecule is OCC1O[C@H](Sc2cc(Cl)ccc2Cl)C(O)[C@@H](n2cc(-c3cc(F)c(F)c(F)c3)nn2)[C@H]1O. The lowest BCUT2D eigenvalue weighted by Gasteiger charge is -2.41. The lowest BCUT2D eigenvalue weighted by Crippen LogP contribution is -2.55. The van der Waals surface area contributed by atoms with Crippen molar-refractivity contribution in [1.82, 2.24) is 15.0 Å². The van der Waals surface area contributed by atoms with E-state index in [1.54, 1.807) is 18.2 Å². The number of thioether (sulfide) groups is 1. The lowest BCUT2D eigenvalue weighted by atomic mass is 9.97. The first-order chi connectivity index (χ1) is 15.7. The number of nitrogens with zero attached hydrogens (tertiary/aromatic N) is 3. The van der Waals surface area contributed by atoms with Gasteiger partial charge in [-0.1, -0.05) is 40.2 Å². The molecule has 1 aliphatic heterocycles. The summed E-state index contributed by atoms with van der Waals surface area (Å²) < 4.78 is 47.2. The molecule has 2 heterocycles. The zero-order chi connectivity index (χ0) is 23.9. The quantitative estimate of drug-likeness (QED) is 0.442. The van der Waals surface area contributed by atoms with E-state index in [1.165, 1.54) is 6.20 Å². The van der Waals surface area contributed by atoms with Crippen molar-refractivity contribution >= 4 is 35.0 Å². The van der Waals surface area contributed by atoms with Gasteiger partial charge in [-0.25, -0.2) is 17.9 Å². The van der Waals surface area contributed by atoms with Gasteiger partial charge in [-0.15, -0.1) is 5.10 Å². The van der Waals surface area contributed by atoms with Crippen LogP contribution in [0.4, 0.5) is 13.2 Å². The largest absolute Gasteiger partial charge is 0.394 e. The second-order valence-corrected chi connectivity index (χ2v) is 9.21. The molecular weight excluding hydrogens is 506 g/mol. The monoisotopic (exact) mass is 521 g/mol. The Kier molecular flexibility index (Phi) is 7.20. The molecule has 4 rings (SSSR count). The summed E-state index contributed by atoms with van der Waals surface area (Å²) in [6.45, 7) is -0.569. The van der Waals surface area contributed by atoms with Crippen molar-refractivity contribution in [1.29, 1.82) is 0 Å². The first-order valence-corrected chi connectivity index (χ1v) is 11.1. The number of aliphatic hydroxyl groups is 3. The Balaban J connectivity index is 1.65. The van der Waals surface area contributed by atoms with Crippen molar-refractivity contribution in [3.63, 3.8) is 0 Å². The third-order valence-corrected chi connectivity index (χ3v) is 6.97. The standard InChI is InChI=1S/C20H16Cl2F3N3O4S/c21-9-1-2-10(22)15(5-9)33-20-19(31)17(18(30)14(7-29)32-20)28-6-13(26-27-28)8-3-11(23)16(25)12(24)4-8/h1-6,14,17-20,29-31H,7H2/t14?,17-,18-,19?,20+/m0/s1. The molecule has 3 aromatic rings. The number of aliphatic hydroxyl groups excluding tert-OH is 3. The van der Waals surface area contributed by atoms with Crippen LogP contribution in [0.15, 0.2) is 41.4 Å². The summed E-state index contributed by atoms with van der Waals surface area (Å²) in [5, 5.41) is 39.8. The fraction of sp³-hybridized carbons (Fsp3) is 0.300. The van der Waals surface area contributed by atoms with E-state index in [9.17, 15) is 28.5 Å². The molecule has 0 saturated carbocycles. The maximum atomic E-state index is 13.6. The molecule has 1 aromatic heterocycles. The van der Waals surface area contributed by atoms with Crippen molar-refractivity contribution in [2.75, 3.05) is 6.61 Å². The smallest absolute Gasteiger partial charge is 0.194 e. The Morgan fingerprint density at radius 1 is 1.06 bits per heavy atom. The molecule has 0 amide bonds. The highest BCUT2D eigenvalue weighted by atomic mass is 35.5. The molecule has 13 heteroatoms. The summed E-state index contributed by atoms with van der Waals surface area (Å²) in [5.74, 6) is -4.42. The Morgan fingerprint density at radius 3 is 2.42 bits per heavy atom. The van der Waals surface area contributed by atoms with Crippen LogP contribution in [0, 0.1) is 17.5 Å². The van der Waals surface area contributed by atoms with E-state index in [4.69, 9.17) is 27.9 Å². The van der Waals surface area contributed by atoms with Gasteiger partial charge >= 0.3 is 0 Å². The van der Waals surface area contributed by atoms with Crippen LogP contribution in [0.1, 0.15) is 6.04 Å². The van der Waals surface area contributed by atoms with E-state index in [2.05, 4.69) is 10.3 Å². The maximum absolute atomic E-state index is 13.6. The van der Waals surface area contributed by atoms with Gasteiger partial charge in [0, 0.05) is 15.5 Å². The normalized spacial score (nSPS) is 25.4. The molecule has 1 fully saturated rings. The fourth-order valence-electron chi connectivity index (χ4n) is 3.43. The van der Waals surface area contributed by atoms with Crippen LogP contribution in [-0.4, -0.2) is 60.7 Å². The van der Waals surface area contributed by atoms with Crippen LogP contribution >= 0.6 is 35.0 Å². The molecule has 0 radical (unpaired) electrons. The van der Waals surface area contributed by atoms with Crippen LogP contribution in [-0.2, 0) is 4.74 Å². The van der Waals surface area contributed by atoms with Crippen molar-refractivity contribution in [3.8, 4) is 11.3 Å². The van der Waals surface area contributed by atoms with Crippen LogP contribution in [0.2, 0.25) is 10.0 Å². The van der Waals surface area contributed by atoms with Crippen molar-refractivity contribution in [2.45, 2.75) is 34.7 Å². The van der Waals surface area contributed by atoms with Crippen LogP contribution in [0.25, 0.3) is 11.3 Å². The summed E-state index contributed by atoms with van der Waals surface area (Å²) in [4.78, 5) is 0.497. The average molecular weight is 522 g/mol. The fourth-order valence-corrected chi connectivity index (χ4v) is 5.04. The minimum absolute atomic E-state index is 0.0265. The highest BCUT2D eigenvalue weighted by Gasteiger charge is 2.46. The van der Waals surface area contributed by atoms with Gasteiger partial charge in [0.05, 0.1) is 17.8 Å². The maximum Gasteiger partial charge on any atom is 0.194 e. The highest BCUT2D eigenvalue weighted by molar-refractivity contribution is 8.00. The molecule has 2 aromatic carbocycles. The van der Waals surface area contributed by atoms with Gasteiger partial charge in [0.15, 0.2) is 17.5 Å². The van der Waals surface area contributed by atoms with E-state index < -0.39 is 53.8 Å². The van der Waals surface area contributed by atoms with Gasteiger partial charge in [-0.3, -0.25) is 0 Å². The molecule has 176 valence electrons. The Bertz CT molecular complexity index is 1150. The lowest BCUT2D eigenvalue weighted by molar-refractivity contribution is -0.178. The molecule has 1 saturated heterocycles. The number of halogens is 5. The molecular formula is C20H16Cl2F3N3O4S. The average Bonchev–Trinajstić information content (AvgIpc) is 3.26. The first-order valence-electron chi connectivity index (χ1n) is 9.50. The first kappa shape index (κ1) is 24.3. The summed E-state index contributed by atoms with van der Waals surface area (Å²) in [6.07, 6.45) is -2.65. The molecule has 0 spiro atoms. The Labute approximate surface area is 199 Å². The van der Waals surface area contributed by atoms with Gasteiger partial charge < -0.3 is 20.1 Å². The van der Waals surface area contributed by atoms with Gasteiger partial charge in [-0.05, 0) is 30.3 Å². The number of hydrogen-bond acceptors (Lipinski definition) is 7. The molecule has 0 aliphatic carbocycles. The number of benzene rings is 2. The summed E-state index contributed by atoms with van der Waals surface area (Å²) in [7, 11) is 0. The second-order valence-electron chi connectivity index (χ2n) is 7.23. The molecule has 1 aliphatic rings. The Hall–Kier alpha value is -1.86. The number of hydrogen-bond donors (Lipinski definition) is 3. The van der Waals surface area contributed by atoms with E-state index in [0.29, 0.717) is 14.9 Å². The van der Waals surface area contributed by atoms with Crippen molar-refractivity contribution in [2.24, 2.45) is 0 Å². The van der Waals surface area contributed by atoms with Gasteiger partial charge in [0.2, 0.25) is 0 Å². The number of rotatable bonds is 5. The number of aromatic nitrogens is 3. The van der Waals surface area contributed by atoms with E-state index in [-0.39, 0.29) is 11.3 Å². The summed E-state index contributed by atoms with van der Waals surface area (Å²) >= 11 is 13.2. The van der Waals surface area contributed by atoms with Crippen LogP contribution in [0.3, 0.4) is 0 Å². The van der Waals surface area contributed by atoms with Gasteiger partial charge in [0.1, 0.15) is 35.5 Å². The van der Waals surface area contributed by atoms with E-state index in [1.807, 2.05) is 0 Å². The van der Waals surface area contributed by atoms with Crippen molar-refractivity contribution in [3.05, 3.63) is 64.0 Å². The predicted octanol–water partition coefficient (Wildman–Crippen LogP) is 3.44. The van der Waals surface area contributed by atoms with Gasteiger partial charge in [-0.2, -0.15) is 0 Å². The summed E-state index contributed by atoms with van der Waals surface area (Å²) in [5.41, 5.74) is -1.12. The Morgan fingerprint density at radius 2 is 1.76 bits per heavy atom. The molecule has 33 heavy (non-hydrogen) atoms. The molecule has 3 N–H and O–H groups in total. The topological polar surface area (TPSA) is 101 Å². The number of ether oxygens (including phenoxy) is 1. The minimum Gasteiger partial charge on any atom is -0.394 e. The minimum atomic E-state index is -1.62. The molecule has 5 atom stereocenters. The van der Waals surface area contributed by atoms with Crippen LogP contribution in [0.5, 0.6) is 0 Å². The zero-order valence-electron chi connectivity index (χ0n) is 16.4. The van der Waals surface area contributed by atoms with Gasteiger partial charge in [0.25, 0.3) is 0 Å². The van der Waals surface area contributed by atoms with Crippen LogP contribution < -0.4 is 0 Å². The van der Waals surface area contributed by atoms with Crippen molar-refractivity contribution < 1.29 is 33.2 Å². The third kappa shape index (κ3) is 4.85. The van der Waals surface area contributed by atoms with E-state index >= 15 is 0 Å². The van der Waals surface area contributed by atoms with E-state index in [0.717, 1.165) is 28.6 Å². The summed E-state index contributed by atoms with van der Waals surface area (Å²) in [6, 6.07) is 5.08. The highest BCUT2D eigenvalue weighted by Crippen LogP contribution is 2.41. The second kappa shape index (κ2) is 9.79. The molecule has 7 nitrogen and oxygen atoms in total. The predicted molar refractivity (Wildman–Crippen MR) is 114 cm³/mol. The zero-order valence-corrected chi connectivity index (χ0v) is 18.8. The molecule has 0 bridgehead atoms. The third-order valence-electron chi connectivity index (χ3n) is 5.08. The molecule has 2 unspecified atom stereocenters.